The molecule has 1 aliphatic rings. The normalized spacial score (nSPS) is 19.0. The first-order valence-electron chi connectivity index (χ1n) is 12.9. The lowest BCUT2D eigenvalue weighted by Gasteiger charge is -2.24. The third-order valence-electron chi connectivity index (χ3n) is 5.66. The monoisotopic (exact) mass is 566 g/mol. The average Bonchev–Trinajstić information content (AvgIpc) is 3.34. The summed E-state index contributed by atoms with van der Waals surface area (Å²) in [5.41, 5.74) is -1.16. The molecule has 10 nitrogen and oxygen atoms in total. The summed E-state index contributed by atoms with van der Waals surface area (Å²) >= 11 is 2.50. The number of ether oxygens (including phenoxy) is 1. The number of rotatable bonds is 10. The van der Waals surface area contributed by atoms with Crippen molar-refractivity contribution in [2.75, 3.05) is 12.3 Å². The molecule has 0 radical (unpaired) electrons. The Bertz CT molecular complexity index is 1010. The lowest BCUT2D eigenvalue weighted by molar-refractivity contribution is -0.148. The maximum absolute atomic E-state index is 12.6. The molecule has 3 amide bonds. The van der Waals surface area contributed by atoms with Gasteiger partial charge in [-0.25, -0.2) is 4.98 Å². The van der Waals surface area contributed by atoms with Crippen LogP contribution in [0.15, 0.2) is 17.5 Å². The smallest absolute Gasteiger partial charge is 0.326 e. The van der Waals surface area contributed by atoms with E-state index in [-0.39, 0.29) is 29.7 Å². The largest absolute Gasteiger partial charge is 0.456 e. The number of nitrogens with one attached hydrogen (secondary N) is 3. The molecule has 0 saturated heterocycles. The molecule has 0 aliphatic carbocycles. The van der Waals surface area contributed by atoms with Gasteiger partial charge in [0.15, 0.2) is 5.12 Å². The molecule has 0 fully saturated rings. The molecule has 2 bridgehead atoms. The van der Waals surface area contributed by atoms with E-state index in [1.54, 1.807) is 17.5 Å². The van der Waals surface area contributed by atoms with Crippen LogP contribution < -0.4 is 16.0 Å². The van der Waals surface area contributed by atoms with Crippen LogP contribution in [-0.2, 0) is 30.5 Å². The minimum atomic E-state index is -1.30. The van der Waals surface area contributed by atoms with Gasteiger partial charge >= 0.3 is 5.97 Å². The number of esters is 1. The van der Waals surface area contributed by atoms with Crippen molar-refractivity contribution in [2.45, 2.75) is 90.3 Å². The van der Waals surface area contributed by atoms with Crippen LogP contribution in [0.1, 0.15) is 87.6 Å². The highest BCUT2D eigenvalue weighted by molar-refractivity contribution is 8.13. The van der Waals surface area contributed by atoms with Crippen molar-refractivity contribution in [3.05, 3.63) is 28.2 Å². The standard InChI is InChI=1S/C26H38N4O6S2/c1-4-5-6-7-8-12-23(33)37-13-10-9-11-18-14-20(31)27-15-21-29-19(17-38-21)24(34)30-26(2,3)25(35)28-16-22(32)36-18/h9,11,17-18H,4-8,10,12-16H2,1-3H3,(H,27,31)(H,28,35)(H,30,34)/b11-9+. The second-order valence-corrected chi connectivity index (χ2v) is 11.6. The van der Waals surface area contributed by atoms with Crippen LogP contribution in [-0.4, -0.2) is 57.7 Å². The number of nitrogens with zero attached hydrogens (tertiary/aromatic N) is 1. The van der Waals surface area contributed by atoms with Crippen molar-refractivity contribution >= 4 is 51.9 Å². The highest BCUT2D eigenvalue weighted by Crippen LogP contribution is 2.14. The van der Waals surface area contributed by atoms with Gasteiger partial charge in [-0.2, -0.15) is 0 Å². The Hall–Kier alpha value is -2.73. The Labute approximate surface area is 232 Å². The fraction of sp³-hybridized carbons (Fsp3) is 0.615. The van der Waals surface area contributed by atoms with E-state index in [0.29, 0.717) is 23.6 Å². The molecule has 0 saturated carbocycles. The molecule has 1 atom stereocenters. The summed E-state index contributed by atoms with van der Waals surface area (Å²) in [6, 6.07) is 0. The quantitative estimate of drug-likeness (QED) is 0.222. The molecule has 1 aromatic heterocycles. The number of cyclic esters (lactones) is 1. The molecule has 12 heteroatoms. The lowest BCUT2D eigenvalue weighted by Crippen LogP contribution is -2.55. The molecule has 1 aromatic rings. The minimum absolute atomic E-state index is 0.113. The average molecular weight is 567 g/mol. The fourth-order valence-electron chi connectivity index (χ4n) is 3.50. The van der Waals surface area contributed by atoms with Crippen LogP contribution in [0.4, 0.5) is 0 Å². The van der Waals surface area contributed by atoms with E-state index in [1.807, 2.05) is 0 Å². The Kier molecular flexibility index (Phi) is 13.5. The summed E-state index contributed by atoms with van der Waals surface area (Å²) in [6.45, 7) is 4.88. The molecule has 1 unspecified atom stereocenters. The van der Waals surface area contributed by atoms with E-state index in [2.05, 4.69) is 27.9 Å². The summed E-state index contributed by atoms with van der Waals surface area (Å²) in [6.07, 6.45) is 9.13. The van der Waals surface area contributed by atoms with E-state index in [0.717, 1.165) is 19.3 Å². The zero-order valence-corrected chi connectivity index (χ0v) is 23.9. The first-order valence-corrected chi connectivity index (χ1v) is 14.8. The Balaban J connectivity index is 1.95. The molecule has 0 aromatic carbocycles. The van der Waals surface area contributed by atoms with E-state index in [9.17, 15) is 24.0 Å². The van der Waals surface area contributed by atoms with Crippen LogP contribution in [0.3, 0.4) is 0 Å². The Morgan fingerprint density at radius 3 is 2.68 bits per heavy atom. The predicted octanol–water partition coefficient (Wildman–Crippen LogP) is 3.27. The summed E-state index contributed by atoms with van der Waals surface area (Å²) in [4.78, 5) is 66.2. The molecule has 1 aliphatic heterocycles. The number of unbranched alkanes of at least 4 members (excludes halogenated alkanes) is 4. The zero-order chi connectivity index (χ0) is 28.0. The van der Waals surface area contributed by atoms with Gasteiger partial charge in [0.1, 0.15) is 28.9 Å². The number of allylic oxidation sites excluding steroid dienone is 1. The number of aromatic nitrogens is 1. The Morgan fingerprint density at radius 1 is 1.16 bits per heavy atom. The first kappa shape index (κ1) is 31.5. The maximum Gasteiger partial charge on any atom is 0.326 e. The van der Waals surface area contributed by atoms with Gasteiger partial charge < -0.3 is 20.7 Å². The molecule has 2 rings (SSSR count). The molecule has 210 valence electrons. The molecular weight excluding hydrogens is 528 g/mol. The Morgan fingerprint density at radius 2 is 1.92 bits per heavy atom. The molecule has 3 N–H and O–H groups in total. The highest BCUT2D eigenvalue weighted by Gasteiger charge is 2.31. The van der Waals surface area contributed by atoms with E-state index in [1.165, 1.54) is 49.8 Å². The van der Waals surface area contributed by atoms with Crippen molar-refractivity contribution < 1.29 is 28.7 Å². The van der Waals surface area contributed by atoms with Gasteiger partial charge in [0, 0.05) is 17.6 Å². The van der Waals surface area contributed by atoms with Crippen molar-refractivity contribution in [2.24, 2.45) is 0 Å². The van der Waals surface area contributed by atoms with Crippen LogP contribution in [0.25, 0.3) is 0 Å². The van der Waals surface area contributed by atoms with Crippen LogP contribution in [0.5, 0.6) is 0 Å². The van der Waals surface area contributed by atoms with Crippen molar-refractivity contribution in [1.29, 1.82) is 0 Å². The number of carbonyl (C=O) groups excluding carboxylic acids is 5. The topological polar surface area (TPSA) is 144 Å². The lowest BCUT2D eigenvalue weighted by atomic mass is 10.0. The van der Waals surface area contributed by atoms with E-state index >= 15 is 0 Å². The predicted molar refractivity (Wildman–Crippen MR) is 148 cm³/mol. The van der Waals surface area contributed by atoms with E-state index in [4.69, 9.17) is 4.74 Å². The molecule has 2 heterocycles. The maximum atomic E-state index is 12.6. The number of carbonyl (C=O) groups is 5. The van der Waals surface area contributed by atoms with Gasteiger partial charge in [-0.05, 0) is 32.8 Å². The molecule has 0 spiro atoms. The van der Waals surface area contributed by atoms with Gasteiger partial charge in [0.2, 0.25) is 11.8 Å². The number of thioether (sulfide) groups is 1. The van der Waals surface area contributed by atoms with E-state index < -0.39 is 36.0 Å². The highest BCUT2D eigenvalue weighted by atomic mass is 32.2. The summed E-state index contributed by atoms with van der Waals surface area (Å²) in [7, 11) is 0. The van der Waals surface area contributed by atoms with Gasteiger partial charge in [-0.3, -0.25) is 24.0 Å². The third kappa shape index (κ3) is 11.8. The fourth-order valence-corrected chi connectivity index (χ4v) is 4.98. The first-order chi connectivity index (χ1) is 18.1. The van der Waals surface area contributed by atoms with Gasteiger partial charge in [0.25, 0.3) is 5.91 Å². The van der Waals surface area contributed by atoms with Crippen LogP contribution in [0, 0.1) is 0 Å². The van der Waals surface area contributed by atoms with Crippen LogP contribution >= 0.6 is 23.1 Å². The number of thiazole rings is 1. The van der Waals surface area contributed by atoms with Crippen molar-refractivity contribution in [3.63, 3.8) is 0 Å². The summed E-state index contributed by atoms with van der Waals surface area (Å²) in [5.74, 6) is -1.59. The van der Waals surface area contributed by atoms with Crippen molar-refractivity contribution in [3.8, 4) is 0 Å². The SMILES string of the molecule is CCCCCCCC(=O)SCC/C=C/C1CC(=O)NCc2nc(cs2)C(=O)NC(C)(C)C(=O)NCC(=O)O1. The summed E-state index contributed by atoms with van der Waals surface area (Å²) < 4.78 is 5.43. The minimum Gasteiger partial charge on any atom is -0.456 e. The zero-order valence-electron chi connectivity index (χ0n) is 22.3. The number of fused-ring (bicyclic) bond motifs is 2. The second-order valence-electron chi connectivity index (χ2n) is 9.50. The van der Waals surface area contributed by atoms with Gasteiger partial charge in [-0.1, -0.05) is 50.4 Å². The second kappa shape index (κ2) is 16.3. The van der Waals surface area contributed by atoms with Gasteiger partial charge in [0.05, 0.1) is 13.0 Å². The van der Waals surface area contributed by atoms with Gasteiger partial charge in [-0.15, -0.1) is 11.3 Å². The van der Waals surface area contributed by atoms with Crippen molar-refractivity contribution in [1.82, 2.24) is 20.9 Å². The number of hydrogen-bond donors (Lipinski definition) is 3. The number of amides is 3. The van der Waals surface area contributed by atoms with Crippen LogP contribution in [0.2, 0.25) is 0 Å². The molecule has 38 heavy (non-hydrogen) atoms. The third-order valence-corrected chi connectivity index (χ3v) is 7.48. The number of hydrogen-bond acceptors (Lipinski definition) is 9. The molecular formula is C26H38N4O6S2. The summed E-state index contributed by atoms with van der Waals surface area (Å²) in [5, 5.41) is 10.0.